The Labute approximate surface area is 85.4 Å². The minimum atomic E-state index is 0.495. The highest BCUT2D eigenvalue weighted by Crippen LogP contribution is 2.26. The van der Waals surface area contributed by atoms with Crippen LogP contribution >= 0.6 is 11.3 Å². The number of aromatic nitrogens is 2. The van der Waals surface area contributed by atoms with Gasteiger partial charge in [-0.2, -0.15) is 0 Å². The minimum Gasteiger partial charge on any atom is -0.473 e. The fourth-order valence-electron chi connectivity index (χ4n) is 1.09. The molecule has 0 amide bonds. The van der Waals surface area contributed by atoms with E-state index in [1.165, 1.54) is 11.3 Å². The van der Waals surface area contributed by atoms with E-state index in [0.717, 1.165) is 11.3 Å². The van der Waals surface area contributed by atoms with Crippen LogP contribution < -0.4 is 10.5 Å². The molecule has 0 radical (unpaired) electrons. The number of nitrogens with two attached hydrogens (primary N) is 1. The molecule has 14 heavy (non-hydrogen) atoms. The van der Waals surface area contributed by atoms with Crippen molar-refractivity contribution in [1.29, 1.82) is 0 Å². The van der Waals surface area contributed by atoms with Gasteiger partial charge in [0, 0.05) is 17.1 Å². The van der Waals surface area contributed by atoms with Gasteiger partial charge in [-0.1, -0.05) is 11.3 Å². The third-order valence-corrected chi connectivity index (χ3v) is 2.54. The summed E-state index contributed by atoms with van der Waals surface area (Å²) in [5.41, 5.74) is 7.39. The maximum absolute atomic E-state index is 5.57. The van der Waals surface area contributed by atoms with Crippen LogP contribution in [0, 0.1) is 0 Å². The number of methoxy groups -OCH3 is 1. The van der Waals surface area contributed by atoms with Gasteiger partial charge in [0.2, 0.25) is 0 Å². The number of nitrogen functional groups attached to an aromatic ring is 1. The normalized spacial score (nSPS) is 10.1. The molecule has 0 atom stereocenters. The molecule has 0 aromatic carbocycles. The summed E-state index contributed by atoms with van der Waals surface area (Å²) in [6, 6.07) is 3.65. The van der Waals surface area contributed by atoms with E-state index in [-0.39, 0.29) is 0 Å². The van der Waals surface area contributed by atoms with Crippen LogP contribution in [0.5, 0.6) is 5.19 Å². The van der Waals surface area contributed by atoms with Crippen molar-refractivity contribution in [2.75, 3.05) is 12.8 Å². The summed E-state index contributed by atoms with van der Waals surface area (Å²) in [4.78, 5) is 8.17. The standard InChI is InChI=1S/C9H9N3OS/c1-13-9-12-7(5-14-9)6-2-3-11-8(10)4-6/h2-5H,1H3,(H2,10,11). The Morgan fingerprint density at radius 1 is 1.50 bits per heavy atom. The van der Waals surface area contributed by atoms with Crippen LogP contribution in [-0.4, -0.2) is 17.1 Å². The summed E-state index contributed by atoms with van der Waals surface area (Å²) in [6.45, 7) is 0. The highest BCUT2D eigenvalue weighted by atomic mass is 32.1. The van der Waals surface area contributed by atoms with Crippen LogP contribution in [0.15, 0.2) is 23.7 Å². The van der Waals surface area contributed by atoms with E-state index in [9.17, 15) is 0 Å². The van der Waals surface area contributed by atoms with Gasteiger partial charge >= 0.3 is 0 Å². The lowest BCUT2D eigenvalue weighted by Crippen LogP contribution is -1.89. The highest BCUT2D eigenvalue weighted by Gasteiger charge is 2.04. The fourth-order valence-corrected chi connectivity index (χ4v) is 1.74. The van der Waals surface area contributed by atoms with Crippen molar-refractivity contribution in [2.45, 2.75) is 0 Å². The van der Waals surface area contributed by atoms with Crippen LogP contribution in [0.3, 0.4) is 0 Å². The van der Waals surface area contributed by atoms with Gasteiger partial charge in [0.1, 0.15) is 5.82 Å². The van der Waals surface area contributed by atoms with Crippen molar-refractivity contribution >= 4 is 17.2 Å². The van der Waals surface area contributed by atoms with E-state index in [0.29, 0.717) is 11.0 Å². The molecule has 2 rings (SSSR count). The lowest BCUT2D eigenvalue weighted by molar-refractivity contribution is 0.412. The fraction of sp³-hybridized carbons (Fsp3) is 0.111. The summed E-state index contributed by atoms with van der Waals surface area (Å²) in [5.74, 6) is 0.495. The largest absolute Gasteiger partial charge is 0.473 e. The molecule has 0 aliphatic rings. The Bertz CT molecular complexity index is 441. The van der Waals surface area contributed by atoms with E-state index in [1.54, 1.807) is 19.4 Å². The van der Waals surface area contributed by atoms with Gasteiger partial charge in [-0.05, 0) is 12.1 Å². The van der Waals surface area contributed by atoms with Crippen LogP contribution in [0.25, 0.3) is 11.3 Å². The maximum Gasteiger partial charge on any atom is 0.273 e. The first-order chi connectivity index (χ1) is 6.79. The van der Waals surface area contributed by atoms with E-state index in [1.807, 2.05) is 11.4 Å². The molecule has 2 aromatic heterocycles. The van der Waals surface area contributed by atoms with E-state index >= 15 is 0 Å². The number of hydrogen-bond acceptors (Lipinski definition) is 5. The Kier molecular flexibility index (Phi) is 2.32. The predicted molar refractivity (Wildman–Crippen MR) is 56.3 cm³/mol. The topological polar surface area (TPSA) is 61.0 Å². The van der Waals surface area contributed by atoms with Gasteiger partial charge in [0.05, 0.1) is 12.8 Å². The molecule has 0 saturated carbocycles. The van der Waals surface area contributed by atoms with Gasteiger partial charge in [-0.15, -0.1) is 0 Å². The number of rotatable bonds is 2. The average molecular weight is 207 g/mol. The average Bonchev–Trinajstić information content (AvgIpc) is 2.66. The molecule has 0 spiro atoms. The molecule has 72 valence electrons. The van der Waals surface area contributed by atoms with Crippen LogP contribution in [0.2, 0.25) is 0 Å². The van der Waals surface area contributed by atoms with E-state index < -0.39 is 0 Å². The van der Waals surface area contributed by atoms with Gasteiger partial charge in [-0.25, -0.2) is 9.97 Å². The zero-order valence-corrected chi connectivity index (χ0v) is 8.41. The number of ether oxygens (including phenoxy) is 1. The summed E-state index contributed by atoms with van der Waals surface area (Å²) >= 11 is 1.46. The molecule has 2 heterocycles. The number of nitrogens with zero attached hydrogens (tertiary/aromatic N) is 2. The molecule has 0 aliphatic carbocycles. The molecule has 2 aromatic rings. The van der Waals surface area contributed by atoms with Crippen molar-refractivity contribution in [3.05, 3.63) is 23.7 Å². The molecule has 0 bridgehead atoms. The molecule has 0 saturated heterocycles. The van der Waals surface area contributed by atoms with Crippen LogP contribution in [-0.2, 0) is 0 Å². The number of anilines is 1. The Morgan fingerprint density at radius 2 is 2.36 bits per heavy atom. The molecule has 4 nitrogen and oxygen atoms in total. The molecule has 0 aliphatic heterocycles. The summed E-state index contributed by atoms with van der Waals surface area (Å²) in [7, 11) is 1.60. The first-order valence-electron chi connectivity index (χ1n) is 4.01. The Morgan fingerprint density at radius 3 is 3.00 bits per heavy atom. The van der Waals surface area contributed by atoms with E-state index in [2.05, 4.69) is 9.97 Å². The summed E-state index contributed by atoms with van der Waals surface area (Å²) in [6.07, 6.45) is 1.66. The zero-order valence-electron chi connectivity index (χ0n) is 7.60. The van der Waals surface area contributed by atoms with Crippen molar-refractivity contribution in [3.8, 4) is 16.5 Å². The second-order valence-electron chi connectivity index (χ2n) is 2.67. The minimum absolute atomic E-state index is 0.495. The number of pyridine rings is 1. The third kappa shape index (κ3) is 1.67. The number of thiazole rings is 1. The first kappa shape index (κ1) is 8.96. The smallest absolute Gasteiger partial charge is 0.273 e. The van der Waals surface area contributed by atoms with Crippen LogP contribution in [0.1, 0.15) is 0 Å². The Hall–Kier alpha value is -1.62. The van der Waals surface area contributed by atoms with Gasteiger partial charge in [-0.3, -0.25) is 0 Å². The quantitative estimate of drug-likeness (QED) is 0.815. The predicted octanol–water partition coefficient (Wildman–Crippen LogP) is 1.80. The number of hydrogen-bond donors (Lipinski definition) is 1. The van der Waals surface area contributed by atoms with Crippen LogP contribution in [0.4, 0.5) is 5.82 Å². The second-order valence-corrected chi connectivity index (χ2v) is 3.49. The Balaban J connectivity index is 2.39. The lowest BCUT2D eigenvalue weighted by atomic mass is 10.2. The van der Waals surface area contributed by atoms with Crippen molar-refractivity contribution in [1.82, 2.24) is 9.97 Å². The second kappa shape index (κ2) is 3.63. The zero-order chi connectivity index (χ0) is 9.97. The summed E-state index contributed by atoms with van der Waals surface area (Å²) in [5, 5.41) is 2.57. The van der Waals surface area contributed by atoms with Crippen molar-refractivity contribution in [2.24, 2.45) is 0 Å². The van der Waals surface area contributed by atoms with Crippen molar-refractivity contribution < 1.29 is 4.74 Å². The first-order valence-corrected chi connectivity index (χ1v) is 4.89. The molecule has 0 unspecified atom stereocenters. The molecular formula is C9H9N3OS. The van der Waals surface area contributed by atoms with E-state index in [4.69, 9.17) is 10.5 Å². The molecule has 5 heteroatoms. The van der Waals surface area contributed by atoms with Crippen molar-refractivity contribution in [3.63, 3.8) is 0 Å². The van der Waals surface area contributed by atoms with Gasteiger partial charge < -0.3 is 10.5 Å². The monoisotopic (exact) mass is 207 g/mol. The molecule has 2 N–H and O–H groups in total. The maximum atomic E-state index is 5.57. The SMILES string of the molecule is COc1nc(-c2ccnc(N)c2)cs1. The summed E-state index contributed by atoms with van der Waals surface area (Å²) < 4.78 is 5.01. The molecule has 0 fully saturated rings. The molecular weight excluding hydrogens is 198 g/mol. The van der Waals surface area contributed by atoms with Gasteiger partial charge in [0.15, 0.2) is 0 Å². The van der Waals surface area contributed by atoms with Gasteiger partial charge in [0.25, 0.3) is 5.19 Å². The highest BCUT2D eigenvalue weighted by molar-refractivity contribution is 7.11. The lowest BCUT2D eigenvalue weighted by Gasteiger charge is -1.96. The third-order valence-electron chi connectivity index (χ3n) is 1.73.